The molecule has 0 spiro atoms. The fraction of sp³-hybridized carbons (Fsp3) is 1.00. The largest absolute Gasteiger partial charge is 0.317 e. The number of sulfonamides is 1. The molecule has 1 N–H and O–H groups in total. The third-order valence-electron chi connectivity index (χ3n) is 3.05. The summed E-state index contributed by atoms with van der Waals surface area (Å²) >= 11 is 0. The van der Waals surface area contributed by atoms with Crippen molar-refractivity contribution in [2.24, 2.45) is 0 Å². The van der Waals surface area contributed by atoms with Gasteiger partial charge in [-0.1, -0.05) is 6.92 Å². The lowest BCUT2D eigenvalue weighted by molar-refractivity contribution is 0.187. The van der Waals surface area contributed by atoms with Crippen molar-refractivity contribution in [3.8, 4) is 0 Å². The predicted octanol–water partition coefficient (Wildman–Crippen LogP) is -0.0467. The number of nitrogens with zero attached hydrogens (tertiary/aromatic N) is 2. The van der Waals surface area contributed by atoms with Crippen molar-refractivity contribution in [1.82, 2.24) is 14.5 Å². The molecule has 1 rings (SSSR count). The molecule has 1 aliphatic rings. The van der Waals surface area contributed by atoms with Gasteiger partial charge in [0.2, 0.25) is 10.0 Å². The molecular formula is C11H25N3O2S. The van der Waals surface area contributed by atoms with Gasteiger partial charge in [-0.15, -0.1) is 0 Å². The minimum Gasteiger partial charge on any atom is -0.317 e. The van der Waals surface area contributed by atoms with E-state index in [2.05, 4.69) is 17.1 Å². The summed E-state index contributed by atoms with van der Waals surface area (Å²) in [6.45, 7) is 8.37. The molecule has 5 nitrogen and oxygen atoms in total. The van der Waals surface area contributed by atoms with E-state index in [1.165, 1.54) is 12.7 Å². The van der Waals surface area contributed by atoms with Gasteiger partial charge in [0.1, 0.15) is 0 Å². The summed E-state index contributed by atoms with van der Waals surface area (Å²) < 4.78 is 24.2. The second kappa shape index (κ2) is 7.31. The summed E-state index contributed by atoms with van der Waals surface area (Å²) in [5, 5.41) is 3.37. The van der Waals surface area contributed by atoms with Crippen LogP contribution in [0.4, 0.5) is 0 Å². The summed E-state index contributed by atoms with van der Waals surface area (Å²) in [4.78, 5) is 2.34. The zero-order valence-electron chi connectivity index (χ0n) is 11.0. The van der Waals surface area contributed by atoms with E-state index in [1.807, 2.05) is 0 Å². The topological polar surface area (TPSA) is 52.6 Å². The van der Waals surface area contributed by atoms with E-state index in [-0.39, 0.29) is 0 Å². The van der Waals surface area contributed by atoms with Crippen molar-refractivity contribution in [2.75, 3.05) is 52.1 Å². The zero-order chi connectivity index (χ0) is 12.7. The molecule has 6 heteroatoms. The minimum atomic E-state index is -2.99. The van der Waals surface area contributed by atoms with E-state index in [4.69, 9.17) is 0 Å². The molecule has 0 saturated carbocycles. The van der Waals surface area contributed by atoms with Gasteiger partial charge in [0.15, 0.2) is 0 Å². The molecule has 17 heavy (non-hydrogen) atoms. The van der Waals surface area contributed by atoms with Gasteiger partial charge in [0.05, 0.1) is 6.26 Å². The number of piperazine rings is 1. The fourth-order valence-corrected chi connectivity index (χ4v) is 2.84. The van der Waals surface area contributed by atoms with Crippen LogP contribution in [0.3, 0.4) is 0 Å². The van der Waals surface area contributed by atoms with Crippen LogP contribution in [-0.4, -0.2) is 69.7 Å². The Kier molecular flexibility index (Phi) is 6.40. The van der Waals surface area contributed by atoms with E-state index in [9.17, 15) is 8.42 Å². The van der Waals surface area contributed by atoms with Crippen molar-refractivity contribution < 1.29 is 8.42 Å². The Balaban J connectivity index is 2.11. The Bertz CT molecular complexity index is 298. The molecule has 0 unspecified atom stereocenters. The van der Waals surface area contributed by atoms with Crippen molar-refractivity contribution in [3.05, 3.63) is 0 Å². The Morgan fingerprint density at radius 2 is 1.76 bits per heavy atom. The van der Waals surface area contributed by atoms with E-state index < -0.39 is 10.0 Å². The monoisotopic (exact) mass is 263 g/mol. The lowest BCUT2D eigenvalue weighted by atomic mass is 10.3. The van der Waals surface area contributed by atoms with Crippen LogP contribution in [0.15, 0.2) is 0 Å². The first-order chi connectivity index (χ1) is 8.04. The maximum Gasteiger partial charge on any atom is 0.211 e. The van der Waals surface area contributed by atoms with Crippen molar-refractivity contribution in [2.45, 2.75) is 19.8 Å². The van der Waals surface area contributed by atoms with Crippen molar-refractivity contribution in [3.63, 3.8) is 0 Å². The lowest BCUT2D eigenvalue weighted by Crippen LogP contribution is -2.48. The summed E-state index contributed by atoms with van der Waals surface area (Å²) in [6, 6.07) is 0. The van der Waals surface area contributed by atoms with Gasteiger partial charge in [0.25, 0.3) is 0 Å². The normalized spacial score (nSPS) is 19.6. The molecule has 102 valence electrons. The number of nitrogens with one attached hydrogen (secondary N) is 1. The van der Waals surface area contributed by atoms with Crippen LogP contribution >= 0.6 is 0 Å². The maximum absolute atomic E-state index is 11.3. The van der Waals surface area contributed by atoms with E-state index >= 15 is 0 Å². The highest BCUT2D eigenvalue weighted by Crippen LogP contribution is 2.05. The van der Waals surface area contributed by atoms with Gasteiger partial charge < -0.3 is 10.2 Å². The predicted molar refractivity (Wildman–Crippen MR) is 70.6 cm³/mol. The van der Waals surface area contributed by atoms with Crippen LogP contribution in [0.1, 0.15) is 19.8 Å². The summed E-state index contributed by atoms with van der Waals surface area (Å²) in [7, 11) is -2.99. The van der Waals surface area contributed by atoms with E-state index in [0.717, 1.165) is 39.1 Å². The lowest BCUT2D eigenvalue weighted by Gasteiger charge is -2.33. The molecule has 0 radical (unpaired) electrons. The third kappa shape index (κ3) is 5.81. The fourth-order valence-electron chi connectivity index (χ4n) is 2.01. The number of rotatable bonds is 7. The molecule has 0 bridgehead atoms. The molecule has 0 aliphatic carbocycles. The van der Waals surface area contributed by atoms with Gasteiger partial charge in [-0.05, 0) is 32.5 Å². The Morgan fingerprint density at radius 3 is 2.29 bits per heavy atom. The van der Waals surface area contributed by atoms with Crippen LogP contribution in [0, 0.1) is 0 Å². The highest BCUT2D eigenvalue weighted by Gasteiger charge is 2.22. The van der Waals surface area contributed by atoms with Crippen LogP contribution in [0.25, 0.3) is 0 Å². The Labute approximate surface area is 105 Å². The third-order valence-corrected chi connectivity index (χ3v) is 4.36. The van der Waals surface area contributed by atoms with Crippen LogP contribution < -0.4 is 5.32 Å². The molecule has 1 saturated heterocycles. The van der Waals surface area contributed by atoms with Gasteiger partial charge in [-0.25, -0.2) is 8.42 Å². The Morgan fingerprint density at radius 1 is 1.12 bits per heavy atom. The number of hydrogen-bond donors (Lipinski definition) is 1. The first-order valence-electron chi connectivity index (χ1n) is 6.42. The minimum absolute atomic E-state index is 0.640. The summed E-state index contributed by atoms with van der Waals surface area (Å²) in [5.41, 5.74) is 0. The average molecular weight is 263 g/mol. The first-order valence-corrected chi connectivity index (χ1v) is 8.27. The molecule has 0 aromatic carbocycles. The molecule has 0 atom stereocenters. The van der Waals surface area contributed by atoms with Crippen LogP contribution in [0.5, 0.6) is 0 Å². The molecule has 0 aromatic rings. The van der Waals surface area contributed by atoms with E-state index in [1.54, 1.807) is 4.31 Å². The van der Waals surface area contributed by atoms with Crippen LogP contribution in [-0.2, 0) is 10.0 Å². The summed E-state index contributed by atoms with van der Waals surface area (Å²) in [5.74, 6) is 0. The second-order valence-electron chi connectivity index (χ2n) is 4.61. The van der Waals surface area contributed by atoms with Gasteiger partial charge in [-0.3, -0.25) is 0 Å². The highest BCUT2D eigenvalue weighted by atomic mass is 32.2. The van der Waals surface area contributed by atoms with Crippen molar-refractivity contribution in [1.29, 1.82) is 0 Å². The molecule has 0 amide bonds. The zero-order valence-corrected chi connectivity index (χ0v) is 11.8. The first kappa shape index (κ1) is 14.9. The summed E-state index contributed by atoms with van der Waals surface area (Å²) in [6.07, 6.45) is 3.60. The van der Waals surface area contributed by atoms with Gasteiger partial charge >= 0.3 is 0 Å². The highest BCUT2D eigenvalue weighted by molar-refractivity contribution is 7.88. The average Bonchev–Trinajstić information content (AvgIpc) is 2.28. The van der Waals surface area contributed by atoms with Gasteiger partial charge in [-0.2, -0.15) is 4.31 Å². The smallest absolute Gasteiger partial charge is 0.211 e. The number of hydrogen-bond acceptors (Lipinski definition) is 4. The SMILES string of the molecule is CCCNCCCN1CCN(S(C)(=O)=O)CC1. The maximum atomic E-state index is 11.3. The standard InChI is InChI=1S/C11H25N3O2S/c1-3-5-12-6-4-7-13-8-10-14(11-9-13)17(2,15)16/h12H,3-11H2,1-2H3. The Hall–Kier alpha value is -0.170. The molecule has 1 fully saturated rings. The quantitative estimate of drug-likeness (QED) is 0.655. The molecule has 1 heterocycles. The molecule has 0 aromatic heterocycles. The van der Waals surface area contributed by atoms with Gasteiger partial charge in [0, 0.05) is 26.2 Å². The molecular weight excluding hydrogens is 238 g/mol. The van der Waals surface area contributed by atoms with Crippen LogP contribution in [0.2, 0.25) is 0 Å². The van der Waals surface area contributed by atoms with Crippen molar-refractivity contribution >= 4 is 10.0 Å². The van der Waals surface area contributed by atoms with E-state index in [0.29, 0.717) is 13.1 Å². The second-order valence-corrected chi connectivity index (χ2v) is 6.59. The molecule has 1 aliphatic heterocycles.